The fourth-order valence-electron chi connectivity index (χ4n) is 2.41. The SMILES string of the molecule is CCCN(C)S(=O)(=O)N(CCC)C1CCNCC1.Cl. The van der Waals surface area contributed by atoms with E-state index in [4.69, 9.17) is 0 Å². The number of rotatable bonds is 7. The molecule has 0 aromatic heterocycles. The lowest BCUT2D eigenvalue weighted by Crippen LogP contribution is -2.51. The average Bonchev–Trinajstić information content (AvgIpc) is 2.37. The van der Waals surface area contributed by atoms with Gasteiger partial charge in [-0.05, 0) is 38.8 Å². The van der Waals surface area contributed by atoms with Crippen molar-refractivity contribution in [3.05, 3.63) is 0 Å². The zero-order valence-electron chi connectivity index (χ0n) is 12.3. The lowest BCUT2D eigenvalue weighted by Gasteiger charge is -2.35. The third-order valence-electron chi connectivity index (χ3n) is 3.39. The first kappa shape index (κ1) is 19.1. The van der Waals surface area contributed by atoms with E-state index >= 15 is 0 Å². The van der Waals surface area contributed by atoms with Gasteiger partial charge in [-0.25, -0.2) is 0 Å². The topological polar surface area (TPSA) is 52.7 Å². The van der Waals surface area contributed by atoms with Gasteiger partial charge in [0.25, 0.3) is 10.2 Å². The lowest BCUT2D eigenvalue weighted by atomic mass is 10.1. The number of hydrogen-bond acceptors (Lipinski definition) is 3. The summed E-state index contributed by atoms with van der Waals surface area (Å²) in [6.07, 6.45) is 3.55. The molecule has 0 spiro atoms. The van der Waals surface area contributed by atoms with E-state index in [1.54, 1.807) is 11.4 Å². The summed E-state index contributed by atoms with van der Waals surface area (Å²) in [4.78, 5) is 0. The van der Waals surface area contributed by atoms with Gasteiger partial charge < -0.3 is 5.32 Å². The monoisotopic (exact) mass is 313 g/mol. The second kappa shape index (κ2) is 9.13. The Bertz CT molecular complexity index is 332. The number of nitrogens with one attached hydrogen (secondary N) is 1. The van der Waals surface area contributed by atoms with Crippen molar-refractivity contribution < 1.29 is 8.42 Å². The molecule has 0 aromatic rings. The highest BCUT2D eigenvalue weighted by molar-refractivity contribution is 7.86. The minimum absolute atomic E-state index is 0. The van der Waals surface area contributed by atoms with Crippen LogP contribution in [0.5, 0.6) is 0 Å². The minimum Gasteiger partial charge on any atom is -0.317 e. The molecule has 1 aliphatic rings. The maximum Gasteiger partial charge on any atom is 0.281 e. The molecule has 1 saturated heterocycles. The molecule has 0 saturated carbocycles. The Morgan fingerprint density at radius 3 is 2.11 bits per heavy atom. The van der Waals surface area contributed by atoms with E-state index in [9.17, 15) is 8.42 Å². The average molecular weight is 314 g/mol. The standard InChI is InChI=1S/C12H27N3O2S.ClH/c1-4-10-14(3)18(16,17)15(11-5-2)12-6-8-13-9-7-12;/h12-13H,4-11H2,1-3H3;1H. The van der Waals surface area contributed by atoms with Crippen molar-refractivity contribution in [2.75, 3.05) is 33.2 Å². The predicted molar refractivity (Wildman–Crippen MR) is 82.0 cm³/mol. The van der Waals surface area contributed by atoms with Crippen molar-refractivity contribution in [3.63, 3.8) is 0 Å². The highest BCUT2D eigenvalue weighted by atomic mass is 35.5. The molecule has 1 N–H and O–H groups in total. The zero-order valence-corrected chi connectivity index (χ0v) is 13.9. The summed E-state index contributed by atoms with van der Waals surface area (Å²) in [5.41, 5.74) is 0. The molecular weight excluding hydrogens is 286 g/mol. The van der Waals surface area contributed by atoms with Crippen LogP contribution in [-0.4, -0.2) is 56.3 Å². The minimum atomic E-state index is -3.29. The van der Waals surface area contributed by atoms with E-state index in [1.165, 1.54) is 4.31 Å². The first-order valence-electron chi connectivity index (χ1n) is 6.97. The molecule has 19 heavy (non-hydrogen) atoms. The Balaban J connectivity index is 0.00000324. The second-order valence-electron chi connectivity index (χ2n) is 4.92. The van der Waals surface area contributed by atoms with Crippen LogP contribution in [-0.2, 0) is 10.2 Å². The predicted octanol–water partition coefficient (Wildman–Crippen LogP) is 1.46. The molecule has 116 valence electrons. The molecule has 5 nitrogen and oxygen atoms in total. The van der Waals surface area contributed by atoms with Gasteiger partial charge in [-0.1, -0.05) is 13.8 Å². The van der Waals surface area contributed by atoms with E-state index in [1.807, 2.05) is 13.8 Å². The molecular formula is C12H28ClN3O2S. The molecule has 0 atom stereocenters. The summed E-state index contributed by atoms with van der Waals surface area (Å²) >= 11 is 0. The first-order valence-corrected chi connectivity index (χ1v) is 8.37. The summed E-state index contributed by atoms with van der Waals surface area (Å²) in [6, 6.07) is 0.163. The van der Waals surface area contributed by atoms with Gasteiger partial charge in [0.05, 0.1) is 0 Å². The Hall–Kier alpha value is 0.120. The Morgan fingerprint density at radius 2 is 1.63 bits per heavy atom. The van der Waals surface area contributed by atoms with Crippen LogP contribution >= 0.6 is 12.4 Å². The molecule has 1 aliphatic heterocycles. The van der Waals surface area contributed by atoms with Crippen molar-refractivity contribution in [1.29, 1.82) is 0 Å². The van der Waals surface area contributed by atoms with E-state index in [-0.39, 0.29) is 18.4 Å². The molecule has 1 heterocycles. The van der Waals surface area contributed by atoms with Gasteiger partial charge in [-0.3, -0.25) is 0 Å². The van der Waals surface area contributed by atoms with Gasteiger partial charge in [0.15, 0.2) is 0 Å². The molecule has 0 bridgehead atoms. The van der Waals surface area contributed by atoms with Crippen molar-refractivity contribution in [2.45, 2.75) is 45.6 Å². The Morgan fingerprint density at radius 1 is 1.11 bits per heavy atom. The van der Waals surface area contributed by atoms with Crippen molar-refractivity contribution in [2.24, 2.45) is 0 Å². The summed E-state index contributed by atoms with van der Waals surface area (Å²) < 4.78 is 28.3. The van der Waals surface area contributed by atoms with Crippen molar-refractivity contribution >= 4 is 22.6 Å². The smallest absolute Gasteiger partial charge is 0.281 e. The van der Waals surface area contributed by atoms with Crippen LogP contribution in [0.2, 0.25) is 0 Å². The second-order valence-corrected chi connectivity index (χ2v) is 6.91. The van der Waals surface area contributed by atoms with Gasteiger partial charge >= 0.3 is 0 Å². The maximum atomic E-state index is 12.5. The van der Waals surface area contributed by atoms with Crippen LogP contribution < -0.4 is 5.32 Å². The zero-order chi connectivity index (χ0) is 13.6. The van der Waals surface area contributed by atoms with E-state index in [0.29, 0.717) is 13.1 Å². The summed E-state index contributed by atoms with van der Waals surface area (Å²) in [5, 5.41) is 3.28. The molecule has 0 radical (unpaired) electrons. The largest absolute Gasteiger partial charge is 0.317 e. The van der Waals surface area contributed by atoms with Gasteiger partial charge in [-0.15, -0.1) is 12.4 Å². The summed E-state index contributed by atoms with van der Waals surface area (Å²) in [6.45, 7) is 7.08. The van der Waals surface area contributed by atoms with Crippen LogP contribution in [0.15, 0.2) is 0 Å². The van der Waals surface area contributed by atoms with Crippen molar-refractivity contribution in [3.8, 4) is 0 Å². The Labute approximate surface area is 124 Å². The van der Waals surface area contributed by atoms with Crippen LogP contribution in [0.3, 0.4) is 0 Å². The van der Waals surface area contributed by atoms with Crippen LogP contribution in [0, 0.1) is 0 Å². The summed E-state index contributed by atoms with van der Waals surface area (Å²) in [7, 11) is -1.60. The third kappa shape index (κ3) is 5.19. The molecule has 1 rings (SSSR count). The third-order valence-corrected chi connectivity index (χ3v) is 5.43. The van der Waals surface area contributed by atoms with E-state index < -0.39 is 10.2 Å². The molecule has 7 heteroatoms. The van der Waals surface area contributed by atoms with Crippen LogP contribution in [0.25, 0.3) is 0 Å². The van der Waals surface area contributed by atoms with Gasteiger partial charge in [0, 0.05) is 26.2 Å². The van der Waals surface area contributed by atoms with E-state index in [0.717, 1.165) is 38.8 Å². The van der Waals surface area contributed by atoms with Crippen LogP contribution in [0.1, 0.15) is 39.5 Å². The number of nitrogens with zero attached hydrogens (tertiary/aromatic N) is 2. The normalized spacial score (nSPS) is 17.7. The number of hydrogen-bond donors (Lipinski definition) is 1. The highest BCUT2D eigenvalue weighted by Crippen LogP contribution is 2.18. The van der Waals surface area contributed by atoms with Crippen LogP contribution in [0.4, 0.5) is 0 Å². The molecule has 0 amide bonds. The lowest BCUT2D eigenvalue weighted by molar-refractivity contribution is 0.246. The maximum absolute atomic E-state index is 12.5. The fourth-order valence-corrected chi connectivity index (χ4v) is 4.18. The number of piperidine rings is 1. The molecule has 1 fully saturated rings. The highest BCUT2D eigenvalue weighted by Gasteiger charge is 2.32. The first-order chi connectivity index (χ1) is 8.54. The summed E-state index contributed by atoms with van der Waals surface area (Å²) in [5.74, 6) is 0. The molecule has 0 aliphatic carbocycles. The van der Waals surface area contributed by atoms with E-state index in [2.05, 4.69) is 5.32 Å². The Kier molecular flexibility index (Phi) is 9.19. The van der Waals surface area contributed by atoms with Gasteiger partial charge in [0.1, 0.15) is 0 Å². The van der Waals surface area contributed by atoms with Gasteiger partial charge in [-0.2, -0.15) is 17.0 Å². The fraction of sp³-hybridized carbons (Fsp3) is 1.00. The molecule has 0 aromatic carbocycles. The van der Waals surface area contributed by atoms with Crippen molar-refractivity contribution in [1.82, 2.24) is 13.9 Å². The van der Waals surface area contributed by atoms with Gasteiger partial charge in [0.2, 0.25) is 0 Å². The number of halogens is 1. The quantitative estimate of drug-likeness (QED) is 0.774. The molecule has 0 unspecified atom stereocenters.